The molecule has 5 aromatic heterocycles. The molecule has 38 heteroatoms. The highest BCUT2D eigenvalue weighted by Gasteiger charge is 2.46. The number of halogens is 6. The topological polar surface area (TPSA) is 350 Å². The highest BCUT2D eigenvalue weighted by atomic mass is 79.9. The fourth-order valence-electron chi connectivity index (χ4n) is 11.4. The van der Waals surface area contributed by atoms with Gasteiger partial charge in [0.1, 0.15) is 45.1 Å². The average molecular weight is 2020 g/mol. The summed E-state index contributed by atoms with van der Waals surface area (Å²) in [6.07, 6.45) is 10.5. The Balaban J connectivity index is 0.00000133. The molecule has 0 radical (unpaired) electrons. The van der Waals surface area contributed by atoms with E-state index in [9.17, 15) is 46.9 Å². The molecule has 2 N–H and O–H groups in total. The molecule has 5 fully saturated rings. The third-order valence-electron chi connectivity index (χ3n) is 16.4. The predicted octanol–water partition coefficient (Wildman–Crippen LogP) is 13.3. The van der Waals surface area contributed by atoms with Gasteiger partial charge in [0.2, 0.25) is 0 Å². The fraction of sp³-hybridized carbons (Fsp3) is 0.634. The van der Waals surface area contributed by atoms with Crippen LogP contribution in [-0.4, -0.2) is 226 Å². The van der Waals surface area contributed by atoms with Crippen LogP contribution in [0, 0.1) is 0 Å². The van der Waals surface area contributed by atoms with Crippen LogP contribution in [0.3, 0.4) is 0 Å². The molecule has 0 aliphatic carbocycles. The van der Waals surface area contributed by atoms with Gasteiger partial charge in [0, 0.05) is 69.4 Å². The van der Waals surface area contributed by atoms with Gasteiger partial charge in [-0.2, -0.15) is 0 Å². The van der Waals surface area contributed by atoms with Crippen LogP contribution in [-0.2, 0) is 111 Å². The first kappa shape index (κ1) is 106. The van der Waals surface area contributed by atoms with Crippen LogP contribution >= 0.6 is 95.6 Å². The highest BCUT2D eigenvalue weighted by molar-refractivity contribution is 9.11. The molecule has 5 atom stereocenters. The number of nitrogens with one attached hydrogen (secondary N) is 1. The molecule has 5 aliphatic rings. The zero-order chi connectivity index (χ0) is 77.2. The number of nitrogens with zero attached hydrogens (tertiary/aromatic N) is 8. The maximum Gasteiger partial charge on any atom is 0.306 e. The standard InChI is InChI=1S/C17H25BrN2O4S.C17H26N2O7S2.C13H19BrN2O3S.C7H7Br2NO2S.C6H5Br2NO.C6H13NO.5CH4/c1-3-14-12-23-9-7-20(14)16-11-13(10-15(18)19-16)17(25(2,21)22)6-4-5-8-24-17;1-4-14-11-26-7-6-19(14)15-9-13(12-27(3,21)22)10-16(18-15)28(23,24)8-5-17(20)25-2;1-3-11-8-19-5-4-16(11)13-7-10(6-12(14)15-13)9-20(2,17)18;1-13(11,12)4-5-2-6(8)10-7(9)3-5;7-5-1-4(3-10)2-6(8)9-5;1-2-6-5-8-4-3-7-6;;;;;/h10-11,14H,3-9,12H2,1-2H3;9-10,14H,4-8,11-12H2,1-3H3;6-7,11H,3-5,8-9H2,1-2H3;2-3H,4H2,1H3;1-2,10H,3H2;6-7H,2-5H2,1H3;5*1H4/t14-,17?;14-;11-;;;6-;;;;;/m000..0...../s1. The van der Waals surface area contributed by atoms with Crippen LogP contribution in [0.4, 0.5) is 17.5 Å². The summed E-state index contributed by atoms with van der Waals surface area (Å²) in [4.78, 5) is 37.8. The summed E-state index contributed by atoms with van der Waals surface area (Å²) in [5.41, 5.74) is 3.31. The molecular weight excluding hydrogens is 1910 g/mol. The van der Waals surface area contributed by atoms with Gasteiger partial charge >= 0.3 is 5.97 Å². The summed E-state index contributed by atoms with van der Waals surface area (Å²) in [6.45, 7) is 17.4. The summed E-state index contributed by atoms with van der Waals surface area (Å²) >= 11 is 19.6. The van der Waals surface area contributed by atoms with Gasteiger partial charge in [0.25, 0.3) is 0 Å². The molecule has 0 bridgehead atoms. The van der Waals surface area contributed by atoms with Crippen molar-refractivity contribution >= 4 is 168 Å². The summed E-state index contributed by atoms with van der Waals surface area (Å²) in [6, 6.07) is 18.2. The van der Waals surface area contributed by atoms with Crippen molar-refractivity contribution in [2.24, 2.45) is 0 Å². The van der Waals surface area contributed by atoms with Crippen molar-refractivity contribution < 1.29 is 80.4 Å². The molecule has 0 aromatic carbocycles. The number of ether oxygens (including phenoxy) is 6. The molecule has 27 nitrogen and oxygen atoms in total. The number of hydrogen-bond donors (Lipinski definition) is 2. The van der Waals surface area contributed by atoms with Crippen molar-refractivity contribution in [3.05, 3.63) is 116 Å². The number of rotatable bonds is 20. The van der Waals surface area contributed by atoms with Gasteiger partial charge in [0.05, 0.1) is 114 Å². The number of esters is 1. The van der Waals surface area contributed by atoms with Gasteiger partial charge in [-0.1, -0.05) is 64.8 Å². The Morgan fingerprint density at radius 2 is 0.890 bits per heavy atom. The largest absolute Gasteiger partial charge is 0.469 e. The molecule has 5 aliphatic heterocycles. The van der Waals surface area contributed by atoms with Crippen molar-refractivity contribution in [1.29, 1.82) is 0 Å². The van der Waals surface area contributed by atoms with Gasteiger partial charge in [-0.25, -0.2) is 67.0 Å². The van der Waals surface area contributed by atoms with Crippen LogP contribution in [0.25, 0.3) is 0 Å². The Morgan fingerprint density at radius 3 is 1.25 bits per heavy atom. The molecule has 10 rings (SSSR count). The monoisotopic (exact) mass is 2020 g/mol. The van der Waals surface area contributed by atoms with Crippen molar-refractivity contribution in [2.75, 3.05) is 138 Å². The van der Waals surface area contributed by atoms with E-state index in [1.807, 2.05) is 24.0 Å². The van der Waals surface area contributed by atoms with Crippen molar-refractivity contribution in [3.8, 4) is 0 Å². The third kappa shape index (κ3) is 36.8. The van der Waals surface area contributed by atoms with Crippen LogP contribution in [0.5, 0.6) is 0 Å². The number of carbonyl (C=O) groups excluding carboxylic acids is 1. The highest BCUT2D eigenvalue weighted by Crippen LogP contribution is 2.42. The minimum absolute atomic E-state index is 0. The molecule has 5 aromatic rings. The summed E-state index contributed by atoms with van der Waals surface area (Å²) in [7, 11) is -15.6. The zero-order valence-electron chi connectivity index (χ0n) is 59.7. The first-order chi connectivity index (χ1) is 48.8. The minimum Gasteiger partial charge on any atom is -0.469 e. The zero-order valence-corrected chi connectivity index (χ0v) is 73.3. The Labute approximate surface area is 700 Å². The van der Waals surface area contributed by atoms with Crippen molar-refractivity contribution in [1.82, 2.24) is 30.2 Å². The number of pyridine rings is 5. The lowest BCUT2D eigenvalue weighted by molar-refractivity contribution is -0.140. The van der Waals surface area contributed by atoms with E-state index in [1.54, 1.807) is 42.5 Å². The smallest absolute Gasteiger partial charge is 0.306 e. The quantitative estimate of drug-likeness (QED) is 0.0540. The number of hydrogen-bond acceptors (Lipinski definition) is 27. The van der Waals surface area contributed by atoms with Crippen molar-refractivity contribution in [3.63, 3.8) is 0 Å². The summed E-state index contributed by atoms with van der Waals surface area (Å²) in [5.74, 6) is 0.639. The second-order valence-electron chi connectivity index (χ2n) is 25.1. The van der Waals surface area contributed by atoms with Crippen LogP contribution < -0.4 is 20.0 Å². The second kappa shape index (κ2) is 50.5. The maximum absolute atomic E-state index is 12.7. The van der Waals surface area contributed by atoms with Crippen LogP contribution in [0.2, 0.25) is 0 Å². The van der Waals surface area contributed by atoms with Gasteiger partial charge in [-0.15, -0.1) is 0 Å². The predicted molar refractivity (Wildman–Crippen MR) is 457 cm³/mol. The van der Waals surface area contributed by atoms with Gasteiger partial charge in [-0.3, -0.25) is 4.79 Å². The molecule has 10 heterocycles. The number of aliphatic hydroxyl groups excluding tert-OH is 1. The van der Waals surface area contributed by atoms with Gasteiger partial charge in [0.15, 0.2) is 59.1 Å². The van der Waals surface area contributed by atoms with Gasteiger partial charge in [-0.05, 0) is 223 Å². The average Bonchev–Trinajstić information content (AvgIpc) is 0.754. The van der Waals surface area contributed by atoms with Gasteiger partial charge < -0.3 is 53.5 Å². The number of morpholine rings is 4. The van der Waals surface area contributed by atoms with E-state index in [0.29, 0.717) is 101 Å². The van der Waals surface area contributed by atoms with E-state index in [1.165, 1.54) is 38.4 Å². The number of aromatic nitrogens is 5. The number of sulfone groups is 5. The Morgan fingerprint density at radius 1 is 0.505 bits per heavy atom. The Kier molecular flexibility index (Phi) is 49.0. The third-order valence-corrected chi connectivity index (χ3v) is 24.8. The molecule has 0 amide bonds. The molecular formula is C71H115Br6N9O18S5. The van der Waals surface area contributed by atoms with E-state index in [2.05, 4.69) is 161 Å². The summed E-state index contributed by atoms with van der Waals surface area (Å²) in [5, 5.41) is 11.8. The molecule has 5 saturated heterocycles. The Hall–Kier alpha value is -3.03. The number of aliphatic hydroxyl groups is 1. The van der Waals surface area contributed by atoms with E-state index in [0.717, 1.165) is 109 Å². The van der Waals surface area contributed by atoms with Crippen LogP contribution in [0.15, 0.2) is 93.3 Å². The fourth-order valence-corrected chi connectivity index (χ4v) is 19.6. The minimum atomic E-state index is -3.89. The maximum atomic E-state index is 12.7. The molecule has 0 saturated carbocycles. The van der Waals surface area contributed by atoms with E-state index < -0.39 is 65.8 Å². The lowest BCUT2D eigenvalue weighted by Gasteiger charge is -2.39. The lowest BCUT2D eigenvalue weighted by atomic mass is 10.0. The normalized spacial score (nSPS) is 19.3. The molecule has 0 spiro atoms. The van der Waals surface area contributed by atoms with E-state index in [4.69, 9.17) is 28.8 Å². The first-order valence-corrected chi connectivity index (χ1v) is 47.9. The number of methoxy groups -OCH3 is 1. The Bertz CT molecular complexity index is 4150. The molecule has 109 heavy (non-hydrogen) atoms. The first-order valence-electron chi connectivity index (χ1n) is 33.4. The van der Waals surface area contributed by atoms with E-state index in [-0.39, 0.29) is 90.6 Å². The van der Waals surface area contributed by atoms with Crippen molar-refractivity contribution in [2.45, 2.75) is 174 Å². The summed E-state index contributed by atoms with van der Waals surface area (Å²) < 4.78 is 155. The molecule has 1 unspecified atom stereocenters. The van der Waals surface area contributed by atoms with Crippen LogP contribution in [0.1, 0.15) is 144 Å². The molecule has 624 valence electrons. The lowest BCUT2D eigenvalue weighted by Crippen LogP contribution is -2.46. The van der Waals surface area contributed by atoms with E-state index >= 15 is 0 Å². The SMILES string of the molecule is C.C.C.C.C.CC[C@H]1COCCN1.CC[C@H]1COCCN1c1cc(C2(S(C)(=O)=O)CCCCO2)cc(Br)n1.CC[C@H]1COCCN1c1cc(CS(C)(=O)=O)cc(Br)n1.CC[C@H]1COCCN1c1cc(CS(C)(=O)=O)cc(S(=O)(=O)CCC(=O)OC)n1.CS(=O)(=O)Cc1cc(Br)nc(Br)c1.OCc1cc(Br)nc(Br)c1. The number of anilines is 3. The second-order valence-corrected chi connectivity index (χ2v) is 40.6. The number of carbonyl (C=O) groups is 1.